The summed E-state index contributed by atoms with van der Waals surface area (Å²) in [4.78, 5) is 4.66. The van der Waals surface area contributed by atoms with Crippen molar-refractivity contribution in [1.82, 2.24) is 14.5 Å². The van der Waals surface area contributed by atoms with E-state index < -0.39 is 7.52 Å². The van der Waals surface area contributed by atoms with Crippen LogP contribution in [0.4, 0.5) is 0 Å². The molecule has 0 amide bonds. The van der Waals surface area contributed by atoms with E-state index >= 15 is 0 Å². The summed E-state index contributed by atoms with van der Waals surface area (Å²) in [6, 6.07) is 0. The Morgan fingerprint density at radius 2 is 1.68 bits per heavy atom. The van der Waals surface area contributed by atoms with E-state index in [9.17, 15) is 4.57 Å². The van der Waals surface area contributed by atoms with Crippen molar-refractivity contribution >= 4 is 7.52 Å². The lowest BCUT2D eigenvalue weighted by atomic mass is 9.99. The van der Waals surface area contributed by atoms with Gasteiger partial charge in [-0.05, 0) is 19.5 Å². The number of rotatable bonds is 7. The van der Waals surface area contributed by atoms with Gasteiger partial charge in [0, 0.05) is 44.9 Å². The molecule has 1 unspecified atom stereocenters. The van der Waals surface area contributed by atoms with E-state index in [-0.39, 0.29) is 11.1 Å². The standard InChI is InChI=1S/C16H36N3O2P/c1-15(2)22(20,21-14-16(3,4)5)19-12-10-18(11-13-19)9-8-17(6)7/h15H,8-14H2,1-7H3. The van der Waals surface area contributed by atoms with E-state index in [4.69, 9.17) is 4.52 Å². The van der Waals surface area contributed by atoms with Crippen LogP contribution in [0.3, 0.4) is 0 Å². The van der Waals surface area contributed by atoms with Gasteiger partial charge in [0.05, 0.1) is 6.61 Å². The largest absolute Gasteiger partial charge is 0.317 e. The lowest BCUT2D eigenvalue weighted by Crippen LogP contribution is -2.47. The highest BCUT2D eigenvalue weighted by atomic mass is 31.2. The molecule has 1 atom stereocenters. The molecular formula is C16H36N3O2P. The molecule has 132 valence electrons. The van der Waals surface area contributed by atoms with Gasteiger partial charge in [0.2, 0.25) is 0 Å². The normalized spacial score (nSPS) is 21.5. The molecule has 0 N–H and O–H groups in total. The van der Waals surface area contributed by atoms with Gasteiger partial charge in [0.25, 0.3) is 7.52 Å². The molecule has 1 rings (SSSR count). The second-order valence-electron chi connectivity index (χ2n) is 8.09. The molecule has 1 heterocycles. The van der Waals surface area contributed by atoms with Crippen molar-refractivity contribution < 1.29 is 9.09 Å². The maximum absolute atomic E-state index is 13.4. The Bertz CT molecular complexity index is 372. The molecule has 1 saturated heterocycles. The van der Waals surface area contributed by atoms with Gasteiger partial charge in [-0.1, -0.05) is 34.6 Å². The van der Waals surface area contributed by atoms with Crippen LogP contribution in [0.15, 0.2) is 0 Å². The van der Waals surface area contributed by atoms with Crippen molar-refractivity contribution in [2.45, 2.75) is 40.3 Å². The van der Waals surface area contributed by atoms with Crippen LogP contribution in [0.1, 0.15) is 34.6 Å². The van der Waals surface area contributed by atoms with Crippen molar-refractivity contribution in [3.05, 3.63) is 0 Å². The van der Waals surface area contributed by atoms with E-state index in [0.29, 0.717) is 6.61 Å². The molecule has 0 aromatic rings. The Labute approximate surface area is 137 Å². The van der Waals surface area contributed by atoms with Crippen LogP contribution in [0.25, 0.3) is 0 Å². The first-order valence-corrected chi connectivity index (χ1v) is 10.1. The first-order valence-electron chi connectivity index (χ1n) is 8.41. The topological polar surface area (TPSA) is 36.0 Å². The van der Waals surface area contributed by atoms with E-state index in [1.165, 1.54) is 0 Å². The fourth-order valence-electron chi connectivity index (χ4n) is 2.42. The third-order valence-corrected chi connectivity index (χ3v) is 6.93. The summed E-state index contributed by atoms with van der Waals surface area (Å²) in [6.07, 6.45) is 0. The quantitative estimate of drug-likeness (QED) is 0.670. The van der Waals surface area contributed by atoms with Crippen LogP contribution in [0, 0.1) is 5.41 Å². The number of piperazine rings is 1. The van der Waals surface area contributed by atoms with Gasteiger partial charge in [0.1, 0.15) is 0 Å². The molecule has 0 bridgehead atoms. The number of hydrogen-bond donors (Lipinski definition) is 0. The zero-order valence-electron chi connectivity index (χ0n) is 15.6. The molecule has 0 aromatic heterocycles. The lowest BCUT2D eigenvalue weighted by Gasteiger charge is -2.41. The highest BCUT2D eigenvalue weighted by Crippen LogP contribution is 2.56. The highest BCUT2D eigenvalue weighted by molar-refractivity contribution is 7.57. The third kappa shape index (κ3) is 6.29. The van der Waals surface area contributed by atoms with Crippen LogP contribution in [0.2, 0.25) is 0 Å². The van der Waals surface area contributed by atoms with Crippen LogP contribution in [0.5, 0.6) is 0 Å². The minimum absolute atomic E-state index is 0.0398. The average molecular weight is 333 g/mol. The summed E-state index contributed by atoms with van der Waals surface area (Å²) >= 11 is 0. The molecule has 0 aromatic carbocycles. The van der Waals surface area contributed by atoms with Gasteiger partial charge in [-0.3, -0.25) is 9.46 Å². The minimum atomic E-state index is -2.73. The van der Waals surface area contributed by atoms with Gasteiger partial charge in [0.15, 0.2) is 0 Å². The molecular weight excluding hydrogens is 297 g/mol. The summed E-state index contributed by atoms with van der Waals surface area (Å²) in [5.41, 5.74) is 0.0844. The molecule has 0 spiro atoms. The van der Waals surface area contributed by atoms with Crippen LogP contribution < -0.4 is 0 Å². The van der Waals surface area contributed by atoms with Crippen molar-refractivity contribution in [3.63, 3.8) is 0 Å². The van der Waals surface area contributed by atoms with Crippen molar-refractivity contribution in [2.24, 2.45) is 5.41 Å². The first-order chi connectivity index (χ1) is 10.0. The first kappa shape index (κ1) is 20.1. The zero-order chi connectivity index (χ0) is 17.0. The number of nitrogens with zero attached hydrogens (tertiary/aromatic N) is 3. The highest BCUT2D eigenvalue weighted by Gasteiger charge is 2.38. The Balaban J connectivity index is 2.58. The summed E-state index contributed by atoms with van der Waals surface area (Å²) in [5.74, 6) is 0. The molecule has 0 radical (unpaired) electrons. The second-order valence-corrected chi connectivity index (χ2v) is 11.1. The second kappa shape index (κ2) is 8.25. The molecule has 0 saturated carbocycles. The molecule has 1 fully saturated rings. The maximum atomic E-state index is 13.4. The SMILES string of the molecule is CC(C)P(=O)(OCC(C)(C)C)N1CCN(CCN(C)C)CC1. The summed E-state index contributed by atoms with van der Waals surface area (Å²) in [7, 11) is 1.47. The Hall–Kier alpha value is 0.0700. The molecule has 22 heavy (non-hydrogen) atoms. The predicted octanol–water partition coefficient (Wildman–Crippen LogP) is 2.83. The maximum Gasteiger partial charge on any atom is 0.274 e. The van der Waals surface area contributed by atoms with Gasteiger partial charge in [-0.25, -0.2) is 4.67 Å². The third-order valence-electron chi connectivity index (χ3n) is 3.94. The summed E-state index contributed by atoms with van der Waals surface area (Å²) < 4.78 is 21.5. The average Bonchev–Trinajstić information content (AvgIpc) is 2.42. The Morgan fingerprint density at radius 1 is 1.14 bits per heavy atom. The minimum Gasteiger partial charge on any atom is -0.317 e. The predicted molar refractivity (Wildman–Crippen MR) is 94.7 cm³/mol. The monoisotopic (exact) mass is 333 g/mol. The lowest BCUT2D eigenvalue weighted by molar-refractivity contribution is 0.137. The molecule has 6 heteroatoms. The fourth-order valence-corrected chi connectivity index (χ4v) is 4.85. The van der Waals surface area contributed by atoms with Crippen molar-refractivity contribution in [2.75, 3.05) is 60.0 Å². The zero-order valence-corrected chi connectivity index (χ0v) is 16.5. The number of likely N-dealkylation sites (N-methyl/N-ethyl adjacent to an activating group) is 1. The van der Waals surface area contributed by atoms with Crippen LogP contribution in [-0.2, 0) is 9.09 Å². The summed E-state index contributed by atoms with van der Waals surface area (Å²) in [6.45, 7) is 16.7. The number of hydrogen-bond acceptors (Lipinski definition) is 4. The Morgan fingerprint density at radius 3 is 2.09 bits per heavy atom. The van der Waals surface area contributed by atoms with Gasteiger partial charge in [-0.2, -0.15) is 0 Å². The van der Waals surface area contributed by atoms with E-state index in [0.717, 1.165) is 39.3 Å². The van der Waals surface area contributed by atoms with Crippen LogP contribution in [-0.4, -0.2) is 80.1 Å². The van der Waals surface area contributed by atoms with E-state index in [1.807, 2.05) is 13.8 Å². The van der Waals surface area contributed by atoms with Gasteiger partial charge >= 0.3 is 0 Å². The molecule has 1 aliphatic rings. The fraction of sp³-hybridized carbons (Fsp3) is 1.00. The summed E-state index contributed by atoms with van der Waals surface area (Å²) in [5, 5.41) is 0. The molecule has 0 aliphatic carbocycles. The molecule has 5 nitrogen and oxygen atoms in total. The van der Waals surface area contributed by atoms with Crippen molar-refractivity contribution in [1.29, 1.82) is 0 Å². The van der Waals surface area contributed by atoms with Gasteiger partial charge < -0.3 is 9.42 Å². The van der Waals surface area contributed by atoms with Crippen molar-refractivity contribution in [3.8, 4) is 0 Å². The Kier molecular flexibility index (Phi) is 7.55. The smallest absolute Gasteiger partial charge is 0.274 e. The molecule has 1 aliphatic heterocycles. The van der Waals surface area contributed by atoms with E-state index in [1.54, 1.807) is 0 Å². The van der Waals surface area contributed by atoms with Gasteiger partial charge in [-0.15, -0.1) is 0 Å². The van der Waals surface area contributed by atoms with E-state index in [2.05, 4.69) is 49.3 Å². The van der Waals surface area contributed by atoms with Crippen LogP contribution >= 0.6 is 7.52 Å².